The molecule has 2 N–H and O–H groups in total. The molecule has 2 heteroatoms. The standard InChI is InChI=1S/C16H28N2/c1-4-14(3)18(5-2)13-9-12-16(17)15-10-7-6-8-11-15/h6-8,10-11,14,16H,4-5,9,12-13,17H2,1-3H3. The Morgan fingerprint density at radius 2 is 1.83 bits per heavy atom. The molecule has 0 spiro atoms. The molecule has 0 saturated carbocycles. The third-order valence-electron chi connectivity index (χ3n) is 3.81. The summed E-state index contributed by atoms with van der Waals surface area (Å²) in [5.41, 5.74) is 7.47. The lowest BCUT2D eigenvalue weighted by Gasteiger charge is -2.27. The van der Waals surface area contributed by atoms with Gasteiger partial charge in [-0.2, -0.15) is 0 Å². The summed E-state index contributed by atoms with van der Waals surface area (Å²) in [5.74, 6) is 0. The van der Waals surface area contributed by atoms with E-state index in [1.54, 1.807) is 0 Å². The molecule has 0 fully saturated rings. The molecule has 0 aliphatic heterocycles. The Bertz CT molecular complexity index is 310. The van der Waals surface area contributed by atoms with Crippen molar-refractivity contribution in [2.75, 3.05) is 13.1 Å². The molecule has 2 nitrogen and oxygen atoms in total. The lowest BCUT2D eigenvalue weighted by molar-refractivity contribution is 0.209. The van der Waals surface area contributed by atoms with E-state index in [0.717, 1.165) is 19.5 Å². The topological polar surface area (TPSA) is 29.3 Å². The second-order valence-electron chi connectivity index (χ2n) is 5.05. The van der Waals surface area contributed by atoms with E-state index in [4.69, 9.17) is 5.73 Å². The molecule has 1 aromatic rings. The van der Waals surface area contributed by atoms with Gasteiger partial charge in [-0.15, -0.1) is 0 Å². The minimum Gasteiger partial charge on any atom is -0.324 e. The van der Waals surface area contributed by atoms with E-state index in [1.165, 1.54) is 18.4 Å². The van der Waals surface area contributed by atoms with Crippen molar-refractivity contribution in [1.29, 1.82) is 0 Å². The first kappa shape index (κ1) is 15.2. The molecular formula is C16H28N2. The monoisotopic (exact) mass is 248 g/mol. The number of hydrogen-bond donors (Lipinski definition) is 1. The molecule has 0 bridgehead atoms. The quantitative estimate of drug-likeness (QED) is 0.762. The third kappa shape index (κ3) is 4.79. The van der Waals surface area contributed by atoms with Crippen molar-refractivity contribution in [2.45, 2.75) is 52.1 Å². The molecule has 0 radical (unpaired) electrons. The number of benzene rings is 1. The van der Waals surface area contributed by atoms with Gasteiger partial charge in [0.1, 0.15) is 0 Å². The van der Waals surface area contributed by atoms with Gasteiger partial charge in [0, 0.05) is 12.1 Å². The summed E-state index contributed by atoms with van der Waals surface area (Å²) in [6, 6.07) is 11.3. The molecule has 0 aromatic heterocycles. The highest BCUT2D eigenvalue weighted by Gasteiger charge is 2.11. The van der Waals surface area contributed by atoms with Gasteiger partial charge in [-0.1, -0.05) is 44.2 Å². The molecule has 102 valence electrons. The lowest BCUT2D eigenvalue weighted by Crippen LogP contribution is -2.33. The van der Waals surface area contributed by atoms with E-state index in [2.05, 4.69) is 49.9 Å². The van der Waals surface area contributed by atoms with Crippen LogP contribution in [0, 0.1) is 0 Å². The Morgan fingerprint density at radius 1 is 1.17 bits per heavy atom. The van der Waals surface area contributed by atoms with Crippen LogP contribution >= 0.6 is 0 Å². The summed E-state index contributed by atoms with van der Waals surface area (Å²) in [7, 11) is 0. The number of rotatable bonds is 8. The van der Waals surface area contributed by atoms with Crippen LogP contribution in [0.15, 0.2) is 30.3 Å². The fourth-order valence-electron chi connectivity index (χ4n) is 2.33. The van der Waals surface area contributed by atoms with E-state index in [0.29, 0.717) is 6.04 Å². The average molecular weight is 248 g/mol. The van der Waals surface area contributed by atoms with Gasteiger partial charge >= 0.3 is 0 Å². The van der Waals surface area contributed by atoms with Crippen LogP contribution in [-0.4, -0.2) is 24.0 Å². The maximum Gasteiger partial charge on any atom is 0.0295 e. The molecule has 1 rings (SSSR count). The first-order chi connectivity index (χ1) is 8.69. The maximum atomic E-state index is 6.21. The lowest BCUT2D eigenvalue weighted by atomic mass is 10.0. The zero-order valence-corrected chi connectivity index (χ0v) is 12.1. The first-order valence-electron chi connectivity index (χ1n) is 7.23. The highest BCUT2D eigenvalue weighted by atomic mass is 15.1. The molecule has 18 heavy (non-hydrogen) atoms. The summed E-state index contributed by atoms with van der Waals surface area (Å²) < 4.78 is 0. The second kappa shape index (κ2) is 8.28. The predicted octanol–water partition coefficient (Wildman–Crippen LogP) is 3.59. The number of nitrogens with zero attached hydrogens (tertiary/aromatic N) is 1. The maximum absolute atomic E-state index is 6.21. The summed E-state index contributed by atoms with van der Waals surface area (Å²) in [5, 5.41) is 0. The van der Waals surface area contributed by atoms with Crippen LogP contribution in [-0.2, 0) is 0 Å². The van der Waals surface area contributed by atoms with Gasteiger partial charge < -0.3 is 10.6 Å². The highest BCUT2D eigenvalue weighted by molar-refractivity contribution is 5.18. The number of nitrogens with two attached hydrogens (primary N) is 1. The molecular weight excluding hydrogens is 220 g/mol. The molecule has 0 heterocycles. The average Bonchev–Trinajstić information content (AvgIpc) is 2.43. The van der Waals surface area contributed by atoms with E-state index >= 15 is 0 Å². The molecule has 2 atom stereocenters. The normalized spacial score (nSPS) is 14.7. The van der Waals surface area contributed by atoms with Crippen LogP contribution in [0.5, 0.6) is 0 Å². The van der Waals surface area contributed by atoms with Crippen LogP contribution in [0.3, 0.4) is 0 Å². The minimum absolute atomic E-state index is 0.182. The van der Waals surface area contributed by atoms with Crippen molar-refractivity contribution in [2.24, 2.45) is 5.73 Å². The number of hydrogen-bond acceptors (Lipinski definition) is 2. The van der Waals surface area contributed by atoms with Crippen molar-refractivity contribution < 1.29 is 0 Å². The zero-order valence-electron chi connectivity index (χ0n) is 12.1. The van der Waals surface area contributed by atoms with Crippen LogP contribution in [0.1, 0.15) is 51.6 Å². The second-order valence-corrected chi connectivity index (χ2v) is 5.05. The van der Waals surface area contributed by atoms with Gasteiger partial charge in [0.05, 0.1) is 0 Å². The van der Waals surface area contributed by atoms with Crippen LogP contribution < -0.4 is 5.73 Å². The first-order valence-corrected chi connectivity index (χ1v) is 7.23. The fraction of sp³-hybridized carbons (Fsp3) is 0.625. The van der Waals surface area contributed by atoms with Crippen molar-refractivity contribution in [3.05, 3.63) is 35.9 Å². The SMILES string of the molecule is CCC(C)N(CC)CCCC(N)c1ccccc1. The van der Waals surface area contributed by atoms with Crippen molar-refractivity contribution in [1.82, 2.24) is 4.90 Å². The van der Waals surface area contributed by atoms with Crippen molar-refractivity contribution in [3.8, 4) is 0 Å². The third-order valence-corrected chi connectivity index (χ3v) is 3.81. The Kier molecular flexibility index (Phi) is 6.99. The van der Waals surface area contributed by atoms with E-state index in [9.17, 15) is 0 Å². The van der Waals surface area contributed by atoms with Gasteiger partial charge in [-0.3, -0.25) is 0 Å². The smallest absolute Gasteiger partial charge is 0.0295 e. The molecule has 0 aliphatic rings. The summed E-state index contributed by atoms with van der Waals surface area (Å²) in [4.78, 5) is 2.54. The largest absolute Gasteiger partial charge is 0.324 e. The molecule has 1 aromatic carbocycles. The van der Waals surface area contributed by atoms with Crippen LogP contribution in [0.2, 0.25) is 0 Å². The Balaban J connectivity index is 2.33. The van der Waals surface area contributed by atoms with Crippen LogP contribution in [0.25, 0.3) is 0 Å². The fourth-order valence-corrected chi connectivity index (χ4v) is 2.33. The van der Waals surface area contributed by atoms with Gasteiger partial charge in [-0.05, 0) is 44.8 Å². The van der Waals surface area contributed by atoms with Gasteiger partial charge in [-0.25, -0.2) is 0 Å². The molecule has 2 unspecified atom stereocenters. The minimum atomic E-state index is 0.182. The van der Waals surface area contributed by atoms with Gasteiger partial charge in [0.25, 0.3) is 0 Å². The Morgan fingerprint density at radius 3 is 2.39 bits per heavy atom. The molecule has 0 saturated heterocycles. The van der Waals surface area contributed by atoms with Crippen LogP contribution in [0.4, 0.5) is 0 Å². The summed E-state index contributed by atoms with van der Waals surface area (Å²) >= 11 is 0. The summed E-state index contributed by atoms with van der Waals surface area (Å²) in [6.07, 6.45) is 3.46. The Labute approximate surface area is 112 Å². The van der Waals surface area contributed by atoms with Crippen molar-refractivity contribution >= 4 is 0 Å². The van der Waals surface area contributed by atoms with E-state index < -0.39 is 0 Å². The summed E-state index contributed by atoms with van der Waals surface area (Å²) in [6.45, 7) is 9.09. The Hall–Kier alpha value is -0.860. The predicted molar refractivity (Wildman–Crippen MR) is 79.6 cm³/mol. The van der Waals surface area contributed by atoms with E-state index in [1.807, 2.05) is 6.07 Å². The molecule has 0 aliphatic carbocycles. The molecule has 0 amide bonds. The zero-order chi connectivity index (χ0) is 13.4. The highest BCUT2D eigenvalue weighted by Crippen LogP contribution is 2.16. The van der Waals surface area contributed by atoms with Gasteiger partial charge in [0.2, 0.25) is 0 Å². The van der Waals surface area contributed by atoms with Crippen molar-refractivity contribution in [3.63, 3.8) is 0 Å². The van der Waals surface area contributed by atoms with Gasteiger partial charge in [0.15, 0.2) is 0 Å². The van der Waals surface area contributed by atoms with E-state index in [-0.39, 0.29) is 6.04 Å².